The highest BCUT2D eigenvalue weighted by Crippen LogP contribution is 2.34. The maximum absolute atomic E-state index is 15.5. The number of halogens is 1. The first-order valence-corrected chi connectivity index (χ1v) is 10.8. The Morgan fingerprint density at radius 3 is 2.47 bits per heavy atom. The fraction of sp³-hybridized carbons (Fsp3) is 0.320. The van der Waals surface area contributed by atoms with Crippen LogP contribution >= 0.6 is 11.8 Å². The zero-order valence-electron chi connectivity index (χ0n) is 18.4. The Morgan fingerprint density at radius 1 is 1.20 bits per heavy atom. The predicted octanol–water partition coefficient (Wildman–Crippen LogP) is 6.73. The van der Waals surface area contributed by atoms with Gasteiger partial charge in [-0.15, -0.1) is 13.2 Å². The third-order valence-electron chi connectivity index (χ3n) is 4.46. The molecule has 1 aromatic carbocycles. The smallest absolute Gasteiger partial charge is 0.213 e. The van der Waals surface area contributed by atoms with Crippen molar-refractivity contribution in [3.05, 3.63) is 82.5 Å². The second-order valence-electron chi connectivity index (χ2n) is 6.28. The molecule has 0 bridgehead atoms. The number of aliphatic hydroxyl groups is 1. The molecule has 0 aliphatic rings. The topological polar surface area (TPSA) is 42.4 Å². The molecule has 0 spiro atoms. The number of aryl methyl sites for hydroxylation is 1. The van der Waals surface area contributed by atoms with Crippen LogP contribution in [-0.4, -0.2) is 23.8 Å². The Hall–Kier alpha value is -2.37. The van der Waals surface area contributed by atoms with Crippen LogP contribution in [0.25, 0.3) is 11.1 Å². The van der Waals surface area contributed by atoms with Crippen molar-refractivity contribution in [2.24, 2.45) is 0 Å². The molecule has 5 heteroatoms. The first-order valence-electron chi connectivity index (χ1n) is 10.0. The molecule has 0 radical (unpaired) electrons. The van der Waals surface area contributed by atoms with Crippen LogP contribution in [0.4, 0.5) is 4.39 Å². The monoisotopic (exact) mass is 429 g/mol. The Labute approximate surface area is 184 Å². The SMILES string of the molecule is C/C=C(/Cc1ccc(CC)c(-c2ccnc(OC)c2)c1F)S/C(=C\CC)CO.C=C. The molecule has 0 unspecified atom stereocenters. The van der Waals surface area contributed by atoms with E-state index >= 15 is 4.39 Å². The number of benzene rings is 1. The van der Waals surface area contributed by atoms with Gasteiger partial charge in [0.15, 0.2) is 0 Å². The van der Waals surface area contributed by atoms with E-state index in [9.17, 15) is 5.11 Å². The van der Waals surface area contributed by atoms with Crippen molar-refractivity contribution in [3.8, 4) is 17.0 Å². The molecule has 0 saturated carbocycles. The van der Waals surface area contributed by atoms with Gasteiger partial charge in [-0.05, 0) is 47.4 Å². The average Bonchev–Trinajstić information content (AvgIpc) is 2.80. The summed E-state index contributed by atoms with van der Waals surface area (Å²) in [5.41, 5.74) is 2.95. The minimum absolute atomic E-state index is 0.00480. The van der Waals surface area contributed by atoms with Crippen molar-refractivity contribution in [2.75, 3.05) is 13.7 Å². The molecule has 2 aromatic rings. The Bertz CT molecular complexity index is 877. The van der Waals surface area contributed by atoms with Crippen LogP contribution in [0.3, 0.4) is 0 Å². The van der Waals surface area contributed by atoms with Crippen LogP contribution < -0.4 is 4.74 Å². The largest absolute Gasteiger partial charge is 0.481 e. The van der Waals surface area contributed by atoms with Crippen LogP contribution in [0.1, 0.15) is 38.3 Å². The van der Waals surface area contributed by atoms with Crippen molar-refractivity contribution in [1.82, 2.24) is 4.98 Å². The Morgan fingerprint density at radius 2 is 1.90 bits per heavy atom. The second kappa shape index (κ2) is 13.8. The van der Waals surface area contributed by atoms with Crippen molar-refractivity contribution in [3.63, 3.8) is 0 Å². The fourth-order valence-corrected chi connectivity index (χ4v) is 4.00. The van der Waals surface area contributed by atoms with Gasteiger partial charge in [0.25, 0.3) is 0 Å². The molecular formula is C25H32FNO2S. The third kappa shape index (κ3) is 6.85. The number of rotatable bonds is 9. The molecule has 3 nitrogen and oxygen atoms in total. The van der Waals surface area contributed by atoms with Crippen molar-refractivity contribution >= 4 is 11.8 Å². The lowest BCUT2D eigenvalue weighted by Crippen LogP contribution is -2.00. The zero-order chi connectivity index (χ0) is 22.5. The molecule has 1 aromatic heterocycles. The van der Waals surface area contributed by atoms with Crippen LogP contribution in [0.15, 0.2) is 65.6 Å². The quantitative estimate of drug-likeness (QED) is 0.449. The third-order valence-corrected chi connectivity index (χ3v) is 5.66. The summed E-state index contributed by atoms with van der Waals surface area (Å²) in [5, 5.41) is 9.52. The van der Waals surface area contributed by atoms with Gasteiger partial charge in [-0.25, -0.2) is 9.37 Å². The van der Waals surface area contributed by atoms with E-state index in [1.54, 1.807) is 19.4 Å². The summed E-state index contributed by atoms with van der Waals surface area (Å²) in [5.74, 6) is 0.254. The van der Waals surface area contributed by atoms with Gasteiger partial charge in [0.2, 0.25) is 5.88 Å². The van der Waals surface area contributed by atoms with Crippen LogP contribution in [-0.2, 0) is 12.8 Å². The summed E-state index contributed by atoms with van der Waals surface area (Å²) >= 11 is 1.51. The van der Waals surface area contributed by atoms with Gasteiger partial charge in [-0.3, -0.25) is 0 Å². The zero-order valence-corrected chi connectivity index (χ0v) is 19.2. The highest BCUT2D eigenvalue weighted by Gasteiger charge is 2.16. The molecule has 0 aliphatic carbocycles. The van der Waals surface area contributed by atoms with Gasteiger partial charge in [0, 0.05) is 29.2 Å². The van der Waals surface area contributed by atoms with Crippen molar-refractivity contribution < 1.29 is 14.2 Å². The number of nitrogens with zero attached hydrogens (tertiary/aromatic N) is 1. The molecule has 0 atom stereocenters. The van der Waals surface area contributed by atoms with E-state index < -0.39 is 0 Å². The highest BCUT2D eigenvalue weighted by atomic mass is 32.2. The lowest BCUT2D eigenvalue weighted by molar-refractivity contribution is 0.339. The lowest BCUT2D eigenvalue weighted by atomic mass is 9.94. The van der Waals surface area contributed by atoms with Gasteiger partial charge in [-0.2, -0.15) is 0 Å². The number of aliphatic hydroxyl groups excluding tert-OH is 1. The van der Waals surface area contributed by atoms with Gasteiger partial charge in [0.1, 0.15) is 5.82 Å². The van der Waals surface area contributed by atoms with E-state index in [1.165, 1.54) is 11.8 Å². The maximum atomic E-state index is 15.5. The van der Waals surface area contributed by atoms with E-state index in [0.29, 0.717) is 23.4 Å². The highest BCUT2D eigenvalue weighted by molar-refractivity contribution is 8.06. The molecule has 1 N–H and O–H groups in total. The minimum Gasteiger partial charge on any atom is -0.481 e. The van der Waals surface area contributed by atoms with E-state index in [1.807, 2.05) is 51.1 Å². The molecule has 0 fully saturated rings. The number of methoxy groups -OCH3 is 1. The fourth-order valence-electron chi connectivity index (χ4n) is 3.00. The summed E-state index contributed by atoms with van der Waals surface area (Å²) in [6.45, 7) is 12.0. The first-order chi connectivity index (χ1) is 14.6. The van der Waals surface area contributed by atoms with Gasteiger partial charge < -0.3 is 9.84 Å². The van der Waals surface area contributed by atoms with Crippen molar-refractivity contribution in [2.45, 2.75) is 40.0 Å². The normalized spacial score (nSPS) is 11.7. The lowest BCUT2D eigenvalue weighted by Gasteiger charge is -2.15. The Balaban J connectivity index is 0.00000218. The molecule has 1 heterocycles. The number of pyridine rings is 1. The summed E-state index contributed by atoms with van der Waals surface area (Å²) in [6, 6.07) is 7.43. The number of hydrogen-bond donors (Lipinski definition) is 1. The summed E-state index contributed by atoms with van der Waals surface area (Å²) < 4.78 is 20.7. The molecule has 30 heavy (non-hydrogen) atoms. The molecular weight excluding hydrogens is 397 g/mol. The number of hydrogen-bond acceptors (Lipinski definition) is 4. The first kappa shape index (κ1) is 25.7. The number of aromatic nitrogens is 1. The predicted molar refractivity (Wildman–Crippen MR) is 127 cm³/mol. The van der Waals surface area contributed by atoms with Crippen molar-refractivity contribution in [1.29, 1.82) is 0 Å². The van der Waals surface area contributed by atoms with E-state index in [0.717, 1.165) is 33.8 Å². The van der Waals surface area contributed by atoms with Crippen LogP contribution in [0, 0.1) is 5.82 Å². The summed E-state index contributed by atoms with van der Waals surface area (Å²) in [4.78, 5) is 6.02. The molecule has 162 valence electrons. The van der Waals surface area contributed by atoms with Gasteiger partial charge in [0.05, 0.1) is 13.7 Å². The molecule has 0 aliphatic heterocycles. The average molecular weight is 430 g/mol. The number of ether oxygens (including phenoxy) is 1. The standard InChI is InChI=1S/C23H28FNO2S.C2H4/c1-5-8-20(15-26)28-19(7-3)13-18-10-9-16(6-2)22(23(18)24)17-11-12-25-21(14-17)27-4;1-2/h7-12,14,26H,5-6,13,15H2,1-4H3;1-2H2/b19-7-,20-8-;. The molecule has 0 amide bonds. The minimum atomic E-state index is -0.211. The molecule has 2 rings (SSSR count). The van der Waals surface area contributed by atoms with Crippen LogP contribution in [0.2, 0.25) is 0 Å². The number of thioether (sulfide) groups is 1. The summed E-state index contributed by atoms with van der Waals surface area (Å²) in [7, 11) is 1.55. The van der Waals surface area contributed by atoms with Gasteiger partial charge >= 0.3 is 0 Å². The van der Waals surface area contributed by atoms with E-state index in [2.05, 4.69) is 18.1 Å². The van der Waals surface area contributed by atoms with Crippen LogP contribution in [0.5, 0.6) is 5.88 Å². The summed E-state index contributed by atoms with van der Waals surface area (Å²) in [6.07, 6.45) is 7.68. The number of allylic oxidation sites excluding steroid dienone is 3. The second-order valence-corrected chi connectivity index (χ2v) is 7.54. The maximum Gasteiger partial charge on any atom is 0.213 e. The van der Waals surface area contributed by atoms with E-state index in [-0.39, 0.29) is 12.4 Å². The van der Waals surface area contributed by atoms with E-state index in [4.69, 9.17) is 4.74 Å². The Kier molecular flexibility index (Phi) is 11.8. The van der Waals surface area contributed by atoms with Gasteiger partial charge in [-0.1, -0.05) is 49.9 Å². The molecule has 0 saturated heterocycles.